The van der Waals surface area contributed by atoms with Crippen molar-refractivity contribution in [2.45, 2.75) is 38.0 Å². The number of nitrogen functional groups attached to an aromatic ring is 1. The number of hydrogen-bond donors (Lipinski definition) is 2. The van der Waals surface area contributed by atoms with Crippen LogP contribution in [-0.2, 0) is 0 Å². The van der Waals surface area contributed by atoms with Crippen LogP contribution < -0.4 is 30.5 Å². The van der Waals surface area contributed by atoms with E-state index in [9.17, 15) is 0 Å². The highest BCUT2D eigenvalue weighted by Gasteiger charge is 2.18. The van der Waals surface area contributed by atoms with Gasteiger partial charge in [-0.05, 0) is 31.0 Å². The van der Waals surface area contributed by atoms with Crippen molar-refractivity contribution in [1.82, 2.24) is 9.97 Å². The molecule has 18 heavy (non-hydrogen) atoms. The molecule has 1 aromatic carbocycles. The molecule has 1 aliphatic rings. The summed E-state index contributed by atoms with van der Waals surface area (Å²) < 4.78 is 0. The van der Waals surface area contributed by atoms with E-state index in [0.717, 1.165) is 22.5 Å². The van der Waals surface area contributed by atoms with E-state index in [-0.39, 0.29) is 24.8 Å². The quantitative estimate of drug-likeness (QED) is 0.557. The number of nitrogens with two attached hydrogens (primary N) is 1. The normalized spacial score (nSPS) is 16.0. The van der Waals surface area contributed by atoms with Crippen LogP contribution in [-0.4, -0.2) is 9.97 Å². The molecule has 0 spiro atoms. The maximum atomic E-state index is 5.76. The lowest BCUT2D eigenvalue weighted by atomic mass is 9.89. The van der Waals surface area contributed by atoms with Crippen molar-refractivity contribution >= 4 is 16.7 Å². The van der Waals surface area contributed by atoms with Gasteiger partial charge in [-0.3, -0.25) is 0 Å². The molecule has 3 rings (SSSR count). The molecule has 0 saturated heterocycles. The zero-order valence-electron chi connectivity index (χ0n) is 10.1. The smallest absolute Gasteiger partial charge is 0.110 e. The molecule has 1 saturated carbocycles. The van der Waals surface area contributed by atoms with Gasteiger partial charge in [0, 0.05) is 11.6 Å². The van der Waals surface area contributed by atoms with Crippen LogP contribution in [0.1, 0.15) is 43.8 Å². The highest BCUT2D eigenvalue weighted by Crippen LogP contribution is 2.32. The minimum Gasteiger partial charge on any atom is -1.00 e. The van der Waals surface area contributed by atoms with Gasteiger partial charge in [-0.15, -0.1) is 0 Å². The van der Waals surface area contributed by atoms with Gasteiger partial charge in [0.1, 0.15) is 5.82 Å². The molecule has 1 heterocycles. The molecule has 0 amide bonds. The number of anilines is 1. The number of aromatic nitrogens is 2. The lowest BCUT2D eigenvalue weighted by molar-refractivity contribution is -0.00100. The Hall–Kier alpha value is -0.930. The lowest BCUT2D eigenvalue weighted by Crippen LogP contribution is -3.00. The number of fused-ring (bicyclic) bond motifs is 1. The van der Waals surface area contributed by atoms with Crippen molar-refractivity contribution in [1.29, 1.82) is 0 Å². The van der Waals surface area contributed by atoms with Gasteiger partial charge in [0.05, 0.1) is 11.0 Å². The predicted molar refractivity (Wildman–Crippen MR) is 66.3 cm³/mol. The van der Waals surface area contributed by atoms with Gasteiger partial charge in [-0.1, -0.05) is 19.3 Å². The van der Waals surface area contributed by atoms with Crippen molar-refractivity contribution in [2.75, 3.05) is 5.73 Å². The maximum absolute atomic E-state index is 5.76. The third kappa shape index (κ3) is 2.90. The summed E-state index contributed by atoms with van der Waals surface area (Å²) in [5.74, 6) is 1.78. The molecule has 2 aromatic rings. The molecule has 0 aliphatic heterocycles. The lowest BCUT2D eigenvalue weighted by Gasteiger charge is -2.18. The first kappa shape index (κ1) is 15.1. The average molecular weight is 286 g/mol. The fraction of sp³-hybridized carbons (Fsp3) is 0.462. The second-order valence-electron chi connectivity index (χ2n) is 4.73. The van der Waals surface area contributed by atoms with Crippen LogP contribution in [0.3, 0.4) is 0 Å². The van der Waals surface area contributed by atoms with Gasteiger partial charge < -0.3 is 35.5 Å². The van der Waals surface area contributed by atoms with E-state index in [4.69, 9.17) is 5.73 Å². The van der Waals surface area contributed by atoms with Gasteiger partial charge in [-0.2, -0.15) is 0 Å². The first-order chi connectivity index (χ1) is 7.83. The maximum Gasteiger partial charge on any atom is 0.110 e. The summed E-state index contributed by atoms with van der Waals surface area (Å²) in [7, 11) is 0. The number of halogens is 2. The number of rotatable bonds is 1. The molecule has 0 atom stereocenters. The Morgan fingerprint density at radius 1 is 1.11 bits per heavy atom. The summed E-state index contributed by atoms with van der Waals surface area (Å²) in [4.78, 5) is 8.08. The Morgan fingerprint density at radius 3 is 2.56 bits per heavy atom. The minimum atomic E-state index is 0. The third-order valence-electron chi connectivity index (χ3n) is 3.52. The minimum absolute atomic E-state index is 0. The molecule has 0 unspecified atom stereocenters. The van der Waals surface area contributed by atoms with Crippen LogP contribution >= 0.6 is 0 Å². The zero-order valence-corrected chi connectivity index (χ0v) is 11.6. The molecule has 100 valence electrons. The van der Waals surface area contributed by atoms with Crippen LogP contribution in [0.15, 0.2) is 18.2 Å². The number of nitrogens with one attached hydrogen (secondary N) is 1. The molecule has 0 radical (unpaired) electrons. The summed E-state index contributed by atoms with van der Waals surface area (Å²) in [6, 6.07) is 5.87. The number of hydrogen-bond acceptors (Lipinski definition) is 2. The Bertz CT molecular complexity index is 504. The van der Waals surface area contributed by atoms with Crippen LogP contribution in [0.25, 0.3) is 11.0 Å². The average Bonchev–Trinajstić information content (AvgIpc) is 2.73. The summed E-state index contributed by atoms with van der Waals surface area (Å²) in [6.45, 7) is 0. The summed E-state index contributed by atoms with van der Waals surface area (Å²) >= 11 is 0. The number of nitrogens with zero attached hydrogens (tertiary/aromatic N) is 1. The number of H-pyrrole nitrogens is 1. The molecule has 0 bridgehead atoms. The molecule has 1 aromatic heterocycles. The van der Waals surface area contributed by atoms with Crippen molar-refractivity contribution in [3.05, 3.63) is 24.0 Å². The topological polar surface area (TPSA) is 54.7 Å². The molecule has 3 nitrogen and oxygen atoms in total. The predicted octanol–water partition coefficient (Wildman–Crippen LogP) is -2.80. The number of imidazole rings is 1. The summed E-state index contributed by atoms with van der Waals surface area (Å²) in [5.41, 5.74) is 8.67. The first-order valence-electron chi connectivity index (χ1n) is 6.08. The first-order valence-corrected chi connectivity index (χ1v) is 6.08. The van der Waals surface area contributed by atoms with Crippen LogP contribution in [0, 0.1) is 0 Å². The van der Waals surface area contributed by atoms with Crippen molar-refractivity contribution < 1.29 is 24.8 Å². The van der Waals surface area contributed by atoms with Gasteiger partial charge in [0.15, 0.2) is 0 Å². The largest absolute Gasteiger partial charge is 1.00 e. The van der Waals surface area contributed by atoms with Gasteiger partial charge in [0.2, 0.25) is 0 Å². The third-order valence-corrected chi connectivity index (χ3v) is 3.52. The van der Waals surface area contributed by atoms with Crippen LogP contribution in [0.4, 0.5) is 5.69 Å². The van der Waals surface area contributed by atoms with E-state index in [1.54, 1.807) is 0 Å². The highest BCUT2D eigenvalue weighted by atomic mass is 35.5. The molecular weight excluding hydrogens is 269 g/mol. The van der Waals surface area contributed by atoms with E-state index in [0.29, 0.717) is 5.92 Å². The standard InChI is InChI=1S/C13H17N3.2ClH/c14-10-6-7-11-12(8-10)16-13(15-11)9-4-2-1-3-5-9;;/h6-9H,1-5,14H2,(H,15,16);2*1H/p-2. The van der Waals surface area contributed by atoms with E-state index in [2.05, 4.69) is 9.97 Å². The van der Waals surface area contributed by atoms with Crippen molar-refractivity contribution in [3.8, 4) is 0 Å². The van der Waals surface area contributed by atoms with Gasteiger partial charge in [0.25, 0.3) is 0 Å². The van der Waals surface area contributed by atoms with Crippen LogP contribution in [0.2, 0.25) is 0 Å². The Morgan fingerprint density at radius 2 is 1.83 bits per heavy atom. The SMILES string of the molecule is Nc1ccc2nc(C3CCCCC3)[nH]c2c1.[Cl-].[Cl-]. The monoisotopic (exact) mass is 285 g/mol. The Labute approximate surface area is 119 Å². The van der Waals surface area contributed by atoms with Crippen LogP contribution in [0.5, 0.6) is 0 Å². The van der Waals surface area contributed by atoms with Gasteiger partial charge >= 0.3 is 0 Å². The molecule has 1 fully saturated rings. The second kappa shape index (κ2) is 6.30. The summed E-state index contributed by atoms with van der Waals surface area (Å²) in [5, 5.41) is 0. The molecule has 3 N–H and O–H groups in total. The highest BCUT2D eigenvalue weighted by molar-refractivity contribution is 5.78. The number of aromatic amines is 1. The fourth-order valence-electron chi connectivity index (χ4n) is 2.62. The second-order valence-corrected chi connectivity index (χ2v) is 4.73. The molecule has 1 aliphatic carbocycles. The Kier molecular flexibility index (Phi) is 5.29. The van der Waals surface area contributed by atoms with Crippen molar-refractivity contribution in [2.24, 2.45) is 0 Å². The number of benzene rings is 1. The van der Waals surface area contributed by atoms with Gasteiger partial charge in [-0.25, -0.2) is 4.98 Å². The van der Waals surface area contributed by atoms with Crippen molar-refractivity contribution in [3.63, 3.8) is 0 Å². The summed E-state index contributed by atoms with van der Waals surface area (Å²) in [6.07, 6.45) is 6.60. The zero-order chi connectivity index (χ0) is 11.0. The fourth-order valence-corrected chi connectivity index (χ4v) is 2.62. The van der Waals surface area contributed by atoms with E-state index in [1.165, 1.54) is 32.1 Å². The molecular formula is C13H17Cl2N3-2. The van der Waals surface area contributed by atoms with E-state index in [1.807, 2.05) is 18.2 Å². The Balaban J connectivity index is 0.000000810. The van der Waals surface area contributed by atoms with E-state index < -0.39 is 0 Å². The molecule has 5 heteroatoms. The van der Waals surface area contributed by atoms with E-state index >= 15 is 0 Å².